The summed E-state index contributed by atoms with van der Waals surface area (Å²) in [5.74, 6) is 0.862. The molecule has 0 spiro atoms. The number of thioether (sulfide) groups is 1. The first kappa shape index (κ1) is 14.2. The lowest BCUT2D eigenvalue weighted by Gasteiger charge is -2.20. The molecular formula is C18H18N2S. The molecule has 3 rings (SSSR count). The van der Waals surface area contributed by atoms with Crippen LogP contribution in [0.2, 0.25) is 0 Å². The SMILES string of the molecule is Cc1nc(SCc2ccccc2)c(C#N)c2c1CCCC2. The summed E-state index contributed by atoms with van der Waals surface area (Å²) < 4.78 is 0. The van der Waals surface area contributed by atoms with Crippen LogP contribution in [0.5, 0.6) is 0 Å². The zero-order valence-electron chi connectivity index (χ0n) is 12.2. The zero-order chi connectivity index (χ0) is 14.7. The van der Waals surface area contributed by atoms with Crippen molar-refractivity contribution in [2.45, 2.75) is 43.4 Å². The van der Waals surface area contributed by atoms with Crippen LogP contribution in [0.15, 0.2) is 35.4 Å². The van der Waals surface area contributed by atoms with E-state index in [0.29, 0.717) is 0 Å². The van der Waals surface area contributed by atoms with E-state index in [2.05, 4.69) is 25.1 Å². The fourth-order valence-electron chi connectivity index (χ4n) is 2.93. The van der Waals surface area contributed by atoms with Crippen molar-refractivity contribution < 1.29 is 0 Å². The molecule has 0 amide bonds. The van der Waals surface area contributed by atoms with Crippen LogP contribution < -0.4 is 0 Å². The van der Waals surface area contributed by atoms with Crippen LogP contribution in [0.3, 0.4) is 0 Å². The Kier molecular flexibility index (Phi) is 4.26. The van der Waals surface area contributed by atoms with Gasteiger partial charge >= 0.3 is 0 Å². The molecule has 2 nitrogen and oxygen atoms in total. The van der Waals surface area contributed by atoms with Gasteiger partial charge in [-0.15, -0.1) is 11.8 Å². The van der Waals surface area contributed by atoms with Gasteiger partial charge in [-0.3, -0.25) is 0 Å². The third-order valence-electron chi connectivity index (χ3n) is 4.02. The number of hydrogen-bond acceptors (Lipinski definition) is 3. The van der Waals surface area contributed by atoms with Crippen LogP contribution in [0.4, 0.5) is 0 Å². The lowest BCUT2D eigenvalue weighted by Crippen LogP contribution is -2.10. The minimum atomic E-state index is 0.816. The van der Waals surface area contributed by atoms with Gasteiger partial charge in [-0.2, -0.15) is 5.26 Å². The van der Waals surface area contributed by atoms with Crippen molar-refractivity contribution in [3.8, 4) is 6.07 Å². The molecular weight excluding hydrogens is 276 g/mol. The molecule has 0 N–H and O–H groups in total. The third-order valence-corrected chi connectivity index (χ3v) is 5.07. The number of nitrogens with zero attached hydrogens (tertiary/aromatic N) is 2. The number of aromatic nitrogens is 1. The largest absolute Gasteiger partial charge is 0.245 e. The highest BCUT2D eigenvalue weighted by molar-refractivity contribution is 7.98. The Balaban J connectivity index is 1.92. The number of nitriles is 1. The second-order valence-electron chi connectivity index (χ2n) is 5.43. The first-order chi connectivity index (χ1) is 10.3. The molecule has 1 aliphatic rings. The molecule has 106 valence electrons. The van der Waals surface area contributed by atoms with Crippen LogP contribution in [0.1, 0.15) is 40.8 Å². The lowest BCUT2D eigenvalue weighted by atomic mass is 9.88. The molecule has 21 heavy (non-hydrogen) atoms. The highest BCUT2D eigenvalue weighted by atomic mass is 32.2. The molecule has 1 aliphatic carbocycles. The van der Waals surface area contributed by atoms with Gasteiger partial charge < -0.3 is 0 Å². The van der Waals surface area contributed by atoms with E-state index in [4.69, 9.17) is 4.98 Å². The Bertz CT molecular complexity index is 687. The second-order valence-corrected chi connectivity index (χ2v) is 6.39. The van der Waals surface area contributed by atoms with Crippen LogP contribution >= 0.6 is 11.8 Å². The summed E-state index contributed by atoms with van der Waals surface area (Å²) in [6.07, 6.45) is 4.51. The highest BCUT2D eigenvalue weighted by Gasteiger charge is 2.20. The molecule has 0 aliphatic heterocycles. The van der Waals surface area contributed by atoms with Crippen LogP contribution in [0.25, 0.3) is 0 Å². The summed E-state index contributed by atoms with van der Waals surface area (Å²) >= 11 is 1.68. The second kappa shape index (κ2) is 6.32. The number of pyridine rings is 1. The van der Waals surface area contributed by atoms with Crippen molar-refractivity contribution in [2.75, 3.05) is 0 Å². The lowest BCUT2D eigenvalue weighted by molar-refractivity contribution is 0.669. The number of rotatable bonds is 3. The molecule has 0 bridgehead atoms. The van der Waals surface area contributed by atoms with Crippen LogP contribution in [-0.4, -0.2) is 4.98 Å². The van der Waals surface area contributed by atoms with Crippen molar-refractivity contribution in [2.24, 2.45) is 0 Å². The predicted molar refractivity (Wildman–Crippen MR) is 86.3 cm³/mol. The molecule has 0 saturated heterocycles. The van der Waals surface area contributed by atoms with Gasteiger partial charge in [0.25, 0.3) is 0 Å². The van der Waals surface area contributed by atoms with E-state index in [9.17, 15) is 5.26 Å². The average Bonchev–Trinajstić information content (AvgIpc) is 2.54. The maximum Gasteiger partial charge on any atom is 0.115 e. The van der Waals surface area contributed by atoms with E-state index in [1.165, 1.54) is 29.5 Å². The summed E-state index contributed by atoms with van der Waals surface area (Å²) in [6, 6.07) is 12.8. The monoisotopic (exact) mass is 294 g/mol. The fourth-order valence-corrected chi connectivity index (χ4v) is 3.94. The van der Waals surface area contributed by atoms with Crippen molar-refractivity contribution >= 4 is 11.8 Å². The summed E-state index contributed by atoms with van der Waals surface area (Å²) in [5, 5.41) is 10.5. The van der Waals surface area contributed by atoms with E-state index >= 15 is 0 Å². The Morgan fingerprint density at radius 3 is 2.57 bits per heavy atom. The summed E-state index contributed by atoms with van der Waals surface area (Å²) in [7, 11) is 0. The van der Waals surface area contributed by atoms with Gasteiger partial charge in [-0.05, 0) is 49.3 Å². The van der Waals surface area contributed by atoms with E-state index in [1.54, 1.807) is 11.8 Å². The number of aryl methyl sites for hydroxylation is 1. The van der Waals surface area contributed by atoms with Crippen molar-refractivity contribution in [3.63, 3.8) is 0 Å². The van der Waals surface area contributed by atoms with Gasteiger partial charge in [0.2, 0.25) is 0 Å². The Labute approximate surface area is 130 Å². The van der Waals surface area contributed by atoms with E-state index in [1.807, 2.05) is 18.2 Å². The van der Waals surface area contributed by atoms with Gasteiger partial charge in [0, 0.05) is 11.4 Å². The minimum absolute atomic E-state index is 0.816. The predicted octanol–water partition coefficient (Wildman–Crippen LogP) is 4.43. The molecule has 0 saturated carbocycles. The van der Waals surface area contributed by atoms with Gasteiger partial charge in [-0.1, -0.05) is 30.3 Å². The zero-order valence-corrected chi connectivity index (χ0v) is 13.0. The number of benzene rings is 1. The molecule has 0 unspecified atom stereocenters. The molecule has 3 heteroatoms. The quantitative estimate of drug-likeness (QED) is 0.786. The molecule has 0 fully saturated rings. The third kappa shape index (κ3) is 2.96. The number of fused-ring (bicyclic) bond motifs is 1. The van der Waals surface area contributed by atoms with Crippen LogP contribution in [-0.2, 0) is 18.6 Å². The van der Waals surface area contributed by atoms with E-state index < -0.39 is 0 Å². The standard InChI is InChI=1S/C18H18N2S/c1-13-15-9-5-6-10-16(15)17(11-19)18(20-13)21-12-14-7-3-2-4-8-14/h2-4,7-8H,5-6,9-10,12H2,1H3. The fraction of sp³-hybridized carbons (Fsp3) is 0.333. The highest BCUT2D eigenvalue weighted by Crippen LogP contribution is 2.33. The van der Waals surface area contributed by atoms with Crippen molar-refractivity contribution in [1.82, 2.24) is 4.98 Å². The first-order valence-corrected chi connectivity index (χ1v) is 8.37. The first-order valence-electron chi connectivity index (χ1n) is 7.38. The van der Waals surface area contributed by atoms with Crippen LogP contribution in [0, 0.1) is 18.3 Å². The Morgan fingerprint density at radius 1 is 1.14 bits per heavy atom. The van der Waals surface area contributed by atoms with Crippen molar-refractivity contribution in [1.29, 1.82) is 5.26 Å². The number of hydrogen-bond donors (Lipinski definition) is 0. The van der Waals surface area contributed by atoms with Gasteiger partial charge in [0.15, 0.2) is 0 Å². The van der Waals surface area contributed by atoms with Crippen molar-refractivity contribution in [3.05, 3.63) is 58.3 Å². The van der Waals surface area contributed by atoms with Gasteiger partial charge in [-0.25, -0.2) is 4.98 Å². The average molecular weight is 294 g/mol. The van der Waals surface area contributed by atoms with E-state index in [0.717, 1.165) is 34.9 Å². The summed E-state index contributed by atoms with van der Waals surface area (Å²) in [5.41, 5.74) is 5.77. The maximum atomic E-state index is 9.56. The summed E-state index contributed by atoms with van der Waals surface area (Å²) in [4.78, 5) is 4.71. The summed E-state index contributed by atoms with van der Waals surface area (Å²) in [6.45, 7) is 2.08. The molecule has 1 aromatic heterocycles. The van der Waals surface area contributed by atoms with Gasteiger partial charge in [0.05, 0.1) is 5.56 Å². The van der Waals surface area contributed by atoms with Gasteiger partial charge in [0.1, 0.15) is 11.1 Å². The molecule has 0 atom stereocenters. The Hall–Kier alpha value is -1.79. The maximum absolute atomic E-state index is 9.56. The smallest absolute Gasteiger partial charge is 0.115 e. The molecule has 1 aromatic carbocycles. The molecule has 2 aromatic rings. The van der Waals surface area contributed by atoms with E-state index in [-0.39, 0.29) is 0 Å². The normalized spacial score (nSPS) is 13.5. The molecule has 1 heterocycles. The molecule has 0 radical (unpaired) electrons. The topological polar surface area (TPSA) is 36.7 Å². The minimum Gasteiger partial charge on any atom is -0.245 e. The Morgan fingerprint density at radius 2 is 1.86 bits per heavy atom.